The van der Waals surface area contributed by atoms with Crippen molar-refractivity contribution in [3.63, 3.8) is 0 Å². The zero-order chi connectivity index (χ0) is 12.5. The van der Waals surface area contributed by atoms with Gasteiger partial charge in [-0.1, -0.05) is 6.92 Å². The van der Waals surface area contributed by atoms with Crippen molar-refractivity contribution in [1.29, 1.82) is 0 Å². The third kappa shape index (κ3) is 2.65. The highest BCUT2D eigenvalue weighted by atomic mass is 19.3. The minimum absolute atomic E-state index is 0.00395. The number of aryl methyl sites for hydroxylation is 1. The Hall–Kier alpha value is -0.970. The van der Waals surface area contributed by atoms with E-state index in [2.05, 4.69) is 10.3 Å². The van der Waals surface area contributed by atoms with E-state index in [0.717, 1.165) is 12.4 Å². The Labute approximate surface area is 100 Å². The molecule has 0 bridgehead atoms. The Morgan fingerprint density at radius 2 is 2.41 bits per heavy atom. The molecule has 1 aromatic heterocycles. The Morgan fingerprint density at radius 3 is 2.88 bits per heavy atom. The highest BCUT2D eigenvalue weighted by Gasteiger charge is 2.43. The van der Waals surface area contributed by atoms with Crippen LogP contribution in [0.1, 0.15) is 38.1 Å². The lowest BCUT2D eigenvalue weighted by atomic mass is 9.97. The first kappa shape index (κ1) is 12.5. The second-order valence-electron chi connectivity index (χ2n) is 4.79. The molecule has 1 saturated carbocycles. The SMILES string of the molecule is CCNC(c1nccn1C)C1CCC(F)(F)C1. The fourth-order valence-electron chi connectivity index (χ4n) is 2.63. The Balaban J connectivity index is 2.16. The smallest absolute Gasteiger partial charge is 0.248 e. The van der Waals surface area contributed by atoms with Gasteiger partial charge in [-0.25, -0.2) is 13.8 Å². The summed E-state index contributed by atoms with van der Waals surface area (Å²) in [6, 6.07) is -0.0617. The predicted octanol–water partition coefficient (Wildman–Crippen LogP) is 2.51. The summed E-state index contributed by atoms with van der Waals surface area (Å²) in [4.78, 5) is 4.28. The molecule has 1 aromatic rings. The van der Waals surface area contributed by atoms with Crippen LogP contribution in [0.4, 0.5) is 8.78 Å². The molecule has 0 radical (unpaired) electrons. The molecule has 0 aromatic carbocycles. The number of nitrogens with one attached hydrogen (secondary N) is 1. The van der Waals surface area contributed by atoms with Crippen LogP contribution in [0.25, 0.3) is 0 Å². The lowest BCUT2D eigenvalue weighted by molar-refractivity contribution is 0.00309. The highest BCUT2D eigenvalue weighted by Crippen LogP contribution is 2.44. The first-order valence-corrected chi connectivity index (χ1v) is 6.12. The topological polar surface area (TPSA) is 29.9 Å². The molecule has 0 amide bonds. The van der Waals surface area contributed by atoms with Crippen molar-refractivity contribution >= 4 is 0 Å². The average Bonchev–Trinajstić information content (AvgIpc) is 2.81. The van der Waals surface area contributed by atoms with Crippen molar-refractivity contribution < 1.29 is 8.78 Å². The third-order valence-electron chi connectivity index (χ3n) is 3.47. The molecule has 0 aliphatic heterocycles. The average molecular weight is 243 g/mol. The Morgan fingerprint density at radius 1 is 1.65 bits per heavy atom. The molecule has 1 aliphatic carbocycles. The van der Waals surface area contributed by atoms with Crippen molar-refractivity contribution in [1.82, 2.24) is 14.9 Å². The van der Waals surface area contributed by atoms with Crippen molar-refractivity contribution in [3.8, 4) is 0 Å². The molecule has 1 heterocycles. The molecule has 1 fully saturated rings. The molecule has 0 spiro atoms. The molecule has 3 nitrogen and oxygen atoms in total. The highest BCUT2D eigenvalue weighted by molar-refractivity contribution is 5.03. The van der Waals surface area contributed by atoms with E-state index in [9.17, 15) is 8.78 Å². The molecule has 2 rings (SSSR count). The molecule has 5 heteroatoms. The summed E-state index contributed by atoms with van der Waals surface area (Å²) in [5.74, 6) is -1.66. The fourth-order valence-corrected chi connectivity index (χ4v) is 2.63. The summed E-state index contributed by atoms with van der Waals surface area (Å²) >= 11 is 0. The van der Waals surface area contributed by atoms with Crippen LogP contribution in [0.2, 0.25) is 0 Å². The van der Waals surface area contributed by atoms with Crippen LogP contribution in [0, 0.1) is 5.92 Å². The van der Waals surface area contributed by atoms with Crippen molar-refractivity contribution in [2.75, 3.05) is 6.54 Å². The first-order valence-electron chi connectivity index (χ1n) is 6.12. The number of aromatic nitrogens is 2. The van der Waals surface area contributed by atoms with Crippen LogP contribution in [-0.2, 0) is 7.05 Å². The normalized spacial score (nSPS) is 25.1. The fraction of sp³-hybridized carbons (Fsp3) is 0.750. The number of nitrogens with zero attached hydrogens (tertiary/aromatic N) is 2. The predicted molar refractivity (Wildman–Crippen MR) is 61.9 cm³/mol. The first-order chi connectivity index (χ1) is 8.03. The van der Waals surface area contributed by atoms with Gasteiger partial charge in [0.05, 0.1) is 6.04 Å². The van der Waals surface area contributed by atoms with E-state index in [1.54, 1.807) is 6.20 Å². The van der Waals surface area contributed by atoms with Crippen LogP contribution in [0.3, 0.4) is 0 Å². The summed E-state index contributed by atoms with van der Waals surface area (Å²) in [5.41, 5.74) is 0. The molecule has 0 saturated heterocycles. The van der Waals surface area contributed by atoms with Crippen molar-refractivity contribution in [3.05, 3.63) is 18.2 Å². The molecular formula is C12H19F2N3. The van der Waals surface area contributed by atoms with E-state index in [0.29, 0.717) is 6.42 Å². The van der Waals surface area contributed by atoms with Gasteiger partial charge in [0, 0.05) is 32.3 Å². The van der Waals surface area contributed by atoms with E-state index in [-0.39, 0.29) is 24.8 Å². The van der Waals surface area contributed by atoms with Gasteiger partial charge in [-0.05, 0) is 18.9 Å². The number of halogens is 2. The number of hydrogen-bond donors (Lipinski definition) is 1. The zero-order valence-corrected chi connectivity index (χ0v) is 10.3. The Kier molecular flexibility index (Phi) is 3.47. The maximum atomic E-state index is 13.3. The van der Waals surface area contributed by atoms with Crippen LogP contribution in [-0.4, -0.2) is 22.0 Å². The third-order valence-corrected chi connectivity index (χ3v) is 3.47. The van der Waals surface area contributed by atoms with Gasteiger partial charge in [0.1, 0.15) is 5.82 Å². The van der Waals surface area contributed by atoms with Crippen LogP contribution in [0.5, 0.6) is 0 Å². The molecule has 17 heavy (non-hydrogen) atoms. The summed E-state index contributed by atoms with van der Waals surface area (Å²) in [6.45, 7) is 2.75. The maximum Gasteiger partial charge on any atom is 0.248 e. The molecule has 2 atom stereocenters. The molecule has 1 aliphatic rings. The van der Waals surface area contributed by atoms with Crippen LogP contribution >= 0.6 is 0 Å². The van der Waals surface area contributed by atoms with Gasteiger partial charge in [-0.15, -0.1) is 0 Å². The van der Waals surface area contributed by atoms with Crippen LogP contribution in [0.15, 0.2) is 12.4 Å². The van der Waals surface area contributed by atoms with E-state index in [4.69, 9.17) is 0 Å². The van der Waals surface area contributed by atoms with E-state index in [1.807, 2.05) is 24.7 Å². The maximum absolute atomic E-state index is 13.3. The summed E-state index contributed by atoms with van der Waals surface area (Å²) in [6.07, 6.45) is 4.11. The molecule has 1 N–H and O–H groups in total. The summed E-state index contributed by atoms with van der Waals surface area (Å²) < 4.78 is 28.5. The standard InChI is InChI=1S/C12H19F2N3/c1-3-15-10(11-16-6-7-17(11)2)9-4-5-12(13,14)8-9/h6-7,9-10,15H,3-5,8H2,1-2H3. The number of alkyl halides is 2. The minimum atomic E-state index is -2.50. The van der Waals surface area contributed by atoms with E-state index >= 15 is 0 Å². The van der Waals surface area contributed by atoms with Crippen molar-refractivity contribution in [2.24, 2.45) is 13.0 Å². The Bertz CT molecular complexity index is 376. The molecular weight excluding hydrogens is 224 g/mol. The second kappa shape index (κ2) is 4.72. The van der Waals surface area contributed by atoms with Crippen LogP contribution < -0.4 is 5.32 Å². The van der Waals surface area contributed by atoms with Gasteiger partial charge in [-0.3, -0.25) is 0 Å². The van der Waals surface area contributed by atoms with E-state index < -0.39 is 5.92 Å². The van der Waals surface area contributed by atoms with Gasteiger partial charge in [0.15, 0.2) is 0 Å². The van der Waals surface area contributed by atoms with Gasteiger partial charge in [0.2, 0.25) is 5.92 Å². The molecule has 96 valence electrons. The summed E-state index contributed by atoms with van der Waals surface area (Å²) in [7, 11) is 1.90. The van der Waals surface area contributed by atoms with E-state index in [1.165, 1.54) is 0 Å². The van der Waals surface area contributed by atoms with Gasteiger partial charge >= 0.3 is 0 Å². The second-order valence-corrected chi connectivity index (χ2v) is 4.79. The van der Waals surface area contributed by atoms with Gasteiger partial charge in [-0.2, -0.15) is 0 Å². The largest absolute Gasteiger partial charge is 0.337 e. The van der Waals surface area contributed by atoms with Crippen molar-refractivity contribution in [2.45, 2.75) is 38.2 Å². The minimum Gasteiger partial charge on any atom is -0.337 e. The zero-order valence-electron chi connectivity index (χ0n) is 10.3. The quantitative estimate of drug-likeness (QED) is 0.880. The molecule has 2 unspecified atom stereocenters. The monoisotopic (exact) mass is 243 g/mol. The number of imidazole rings is 1. The van der Waals surface area contributed by atoms with Gasteiger partial charge < -0.3 is 9.88 Å². The summed E-state index contributed by atoms with van der Waals surface area (Å²) in [5, 5.41) is 3.29. The lowest BCUT2D eigenvalue weighted by Gasteiger charge is -2.24. The lowest BCUT2D eigenvalue weighted by Crippen LogP contribution is -2.30. The van der Waals surface area contributed by atoms with Gasteiger partial charge in [0.25, 0.3) is 0 Å². The number of hydrogen-bond acceptors (Lipinski definition) is 2. The number of rotatable bonds is 4.